The van der Waals surface area contributed by atoms with E-state index < -0.39 is 15.6 Å². The van der Waals surface area contributed by atoms with Gasteiger partial charge in [0.05, 0.1) is 10.5 Å². The number of hydrogen-bond acceptors (Lipinski definition) is 3. The number of nitrogens with one attached hydrogen (secondary N) is 1. The van der Waals surface area contributed by atoms with E-state index in [9.17, 15) is 13.5 Å². The van der Waals surface area contributed by atoms with Crippen LogP contribution in [0.25, 0.3) is 0 Å². The Morgan fingerprint density at radius 3 is 2.43 bits per heavy atom. The number of rotatable bonds is 4. The van der Waals surface area contributed by atoms with Gasteiger partial charge in [0.25, 0.3) is 0 Å². The third kappa shape index (κ3) is 4.52. The molecule has 0 unspecified atom stereocenters. The smallest absolute Gasteiger partial charge is 0.240 e. The Hall–Kier alpha value is -0.430. The highest BCUT2D eigenvalue weighted by Crippen LogP contribution is 2.39. The van der Waals surface area contributed by atoms with Crippen molar-refractivity contribution < 1.29 is 13.5 Å². The molecule has 1 aromatic carbocycles. The summed E-state index contributed by atoms with van der Waals surface area (Å²) in [5.74, 6) is 0. The second-order valence-electron chi connectivity index (χ2n) is 6.67. The van der Waals surface area contributed by atoms with Crippen LogP contribution < -0.4 is 4.72 Å². The fraction of sp³-hybridized carbons (Fsp3) is 0.600. The van der Waals surface area contributed by atoms with E-state index in [0.717, 1.165) is 12.8 Å². The van der Waals surface area contributed by atoms with Gasteiger partial charge in [0, 0.05) is 11.0 Å². The second-order valence-corrected chi connectivity index (χ2v) is 9.35. The van der Waals surface area contributed by atoms with Crippen molar-refractivity contribution >= 4 is 26.0 Å². The van der Waals surface area contributed by atoms with Crippen molar-refractivity contribution in [2.24, 2.45) is 5.41 Å². The third-order valence-corrected chi connectivity index (χ3v) is 6.12. The predicted octanol–water partition coefficient (Wildman–Crippen LogP) is 3.06. The van der Waals surface area contributed by atoms with E-state index in [1.54, 1.807) is 24.3 Å². The lowest BCUT2D eigenvalue weighted by Crippen LogP contribution is -2.46. The molecule has 0 saturated heterocycles. The fourth-order valence-corrected chi connectivity index (χ4v) is 4.23. The molecule has 1 aliphatic carbocycles. The summed E-state index contributed by atoms with van der Waals surface area (Å²) in [5.41, 5.74) is -0.704. The Kier molecular flexibility index (Phi) is 4.83. The standard InChI is InChI=1S/C15H22BrNO3S/c1-14(2)6-8-15(18,9-7-14)11-17-21(19,20)13-5-3-4-12(16)10-13/h3-5,10,17-18H,6-9,11H2,1-2H3. The lowest BCUT2D eigenvalue weighted by Gasteiger charge is -2.40. The topological polar surface area (TPSA) is 66.4 Å². The molecule has 1 saturated carbocycles. The van der Waals surface area contributed by atoms with Crippen LogP contribution in [-0.2, 0) is 10.0 Å². The highest BCUT2D eigenvalue weighted by Gasteiger charge is 2.37. The van der Waals surface area contributed by atoms with Crippen LogP contribution in [0.4, 0.5) is 0 Å². The Balaban J connectivity index is 2.02. The van der Waals surface area contributed by atoms with Crippen molar-refractivity contribution in [1.82, 2.24) is 4.72 Å². The van der Waals surface area contributed by atoms with Gasteiger partial charge in [0.15, 0.2) is 0 Å². The second kappa shape index (κ2) is 5.99. The van der Waals surface area contributed by atoms with Gasteiger partial charge in [-0.3, -0.25) is 0 Å². The van der Waals surface area contributed by atoms with Crippen molar-refractivity contribution in [3.8, 4) is 0 Å². The summed E-state index contributed by atoms with van der Waals surface area (Å²) in [4.78, 5) is 0.205. The molecule has 0 aliphatic heterocycles. The normalized spacial score (nSPS) is 21.1. The minimum absolute atomic E-state index is 0.0674. The van der Waals surface area contributed by atoms with Gasteiger partial charge in [-0.25, -0.2) is 13.1 Å². The van der Waals surface area contributed by atoms with Gasteiger partial charge in [0.2, 0.25) is 10.0 Å². The molecule has 0 aromatic heterocycles. The van der Waals surface area contributed by atoms with Gasteiger partial charge < -0.3 is 5.11 Å². The van der Waals surface area contributed by atoms with Crippen LogP contribution in [0.15, 0.2) is 33.6 Å². The van der Waals surface area contributed by atoms with E-state index in [4.69, 9.17) is 0 Å². The minimum Gasteiger partial charge on any atom is -0.389 e. The Morgan fingerprint density at radius 2 is 1.86 bits per heavy atom. The van der Waals surface area contributed by atoms with Gasteiger partial charge in [-0.1, -0.05) is 35.8 Å². The molecule has 2 rings (SSSR count). The first-order chi connectivity index (χ1) is 9.62. The van der Waals surface area contributed by atoms with E-state index >= 15 is 0 Å². The highest BCUT2D eigenvalue weighted by molar-refractivity contribution is 9.10. The van der Waals surface area contributed by atoms with E-state index in [0.29, 0.717) is 17.3 Å². The van der Waals surface area contributed by atoms with Crippen LogP contribution in [-0.4, -0.2) is 25.7 Å². The minimum atomic E-state index is -3.59. The zero-order chi connectivity index (χ0) is 15.7. The first-order valence-electron chi connectivity index (χ1n) is 7.10. The molecular formula is C15H22BrNO3S. The number of halogens is 1. The molecule has 0 amide bonds. The SMILES string of the molecule is CC1(C)CCC(O)(CNS(=O)(=O)c2cccc(Br)c2)CC1. The average molecular weight is 376 g/mol. The summed E-state index contributed by atoms with van der Waals surface area (Å²) >= 11 is 3.26. The zero-order valence-corrected chi connectivity index (χ0v) is 14.8. The number of hydrogen-bond donors (Lipinski definition) is 2. The first-order valence-corrected chi connectivity index (χ1v) is 9.37. The summed E-state index contributed by atoms with van der Waals surface area (Å²) in [5, 5.41) is 10.5. The Bertz CT molecular complexity index is 603. The molecule has 4 nitrogen and oxygen atoms in total. The zero-order valence-electron chi connectivity index (χ0n) is 12.4. The summed E-state index contributed by atoms with van der Waals surface area (Å²) < 4.78 is 27.8. The molecule has 0 heterocycles. The largest absolute Gasteiger partial charge is 0.389 e. The maximum Gasteiger partial charge on any atom is 0.240 e. The van der Waals surface area contributed by atoms with E-state index in [1.165, 1.54) is 0 Å². The van der Waals surface area contributed by atoms with Gasteiger partial charge in [-0.2, -0.15) is 0 Å². The van der Waals surface area contributed by atoms with Gasteiger partial charge in [0.1, 0.15) is 0 Å². The molecule has 118 valence electrons. The fourth-order valence-electron chi connectivity index (χ4n) is 2.52. The molecule has 6 heteroatoms. The molecule has 21 heavy (non-hydrogen) atoms. The van der Waals surface area contributed by atoms with Crippen molar-refractivity contribution in [2.75, 3.05) is 6.54 Å². The predicted molar refractivity (Wildman–Crippen MR) is 86.5 cm³/mol. The molecular weight excluding hydrogens is 354 g/mol. The summed E-state index contributed by atoms with van der Waals surface area (Å²) in [6.07, 6.45) is 3.06. The average Bonchev–Trinajstić information content (AvgIpc) is 2.41. The van der Waals surface area contributed by atoms with Crippen LogP contribution in [0.1, 0.15) is 39.5 Å². The van der Waals surface area contributed by atoms with Crippen LogP contribution in [0.2, 0.25) is 0 Å². The molecule has 0 bridgehead atoms. The molecule has 0 spiro atoms. The van der Waals surface area contributed by atoms with Crippen molar-refractivity contribution in [2.45, 2.75) is 50.0 Å². The van der Waals surface area contributed by atoms with E-state index in [1.807, 2.05) is 0 Å². The Morgan fingerprint density at radius 1 is 1.24 bits per heavy atom. The lowest BCUT2D eigenvalue weighted by atomic mass is 9.71. The summed E-state index contributed by atoms with van der Waals surface area (Å²) in [6.45, 7) is 4.43. The van der Waals surface area contributed by atoms with E-state index in [2.05, 4.69) is 34.5 Å². The van der Waals surface area contributed by atoms with Gasteiger partial charge in [-0.15, -0.1) is 0 Å². The maximum atomic E-state index is 12.3. The lowest BCUT2D eigenvalue weighted by molar-refractivity contribution is -0.0205. The highest BCUT2D eigenvalue weighted by atomic mass is 79.9. The molecule has 1 aliphatic rings. The summed E-state index contributed by atoms with van der Waals surface area (Å²) in [7, 11) is -3.59. The van der Waals surface area contributed by atoms with Crippen LogP contribution in [0.5, 0.6) is 0 Å². The maximum absolute atomic E-state index is 12.3. The van der Waals surface area contributed by atoms with Crippen molar-refractivity contribution in [3.05, 3.63) is 28.7 Å². The molecule has 1 fully saturated rings. The van der Waals surface area contributed by atoms with Crippen molar-refractivity contribution in [1.29, 1.82) is 0 Å². The van der Waals surface area contributed by atoms with Crippen LogP contribution in [0.3, 0.4) is 0 Å². The first kappa shape index (κ1) is 16.9. The van der Waals surface area contributed by atoms with Crippen LogP contribution >= 0.6 is 15.9 Å². The Labute approximate surface area is 135 Å². The molecule has 0 radical (unpaired) electrons. The van der Waals surface area contributed by atoms with E-state index in [-0.39, 0.29) is 16.9 Å². The number of sulfonamides is 1. The number of aliphatic hydroxyl groups is 1. The monoisotopic (exact) mass is 375 g/mol. The molecule has 1 aromatic rings. The van der Waals surface area contributed by atoms with Crippen molar-refractivity contribution in [3.63, 3.8) is 0 Å². The quantitative estimate of drug-likeness (QED) is 0.849. The van der Waals surface area contributed by atoms with Gasteiger partial charge in [-0.05, 0) is 49.3 Å². The number of benzene rings is 1. The van der Waals surface area contributed by atoms with Gasteiger partial charge >= 0.3 is 0 Å². The molecule has 2 N–H and O–H groups in total. The summed E-state index contributed by atoms with van der Waals surface area (Å²) in [6, 6.07) is 6.55. The third-order valence-electron chi connectivity index (χ3n) is 4.23. The molecule has 0 atom stereocenters. The van der Waals surface area contributed by atoms with Crippen LogP contribution in [0, 0.1) is 5.41 Å².